The Bertz CT molecular complexity index is 1020. The third-order valence-corrected chi connectivity index (χ3v) is 4.23. The Hall–Kier alpha value is -2.80. The minimum Gasteiger partial charge on any atom is -0.478 e. The Morgan fingerprint density at radius 1 is 1.09 bits per heavy atom. The molecule has 3 rings (SSSR count). The lowest BCUT2D eigenvalue weighted by Crippen LogP contribution is -2.10. The van der Waals surface area contributed by atoms with Crippen LogP contribution in [0.5, 0.6) is 0 Å². The first-order valence-electron chi connectivity index (χ1n) is 6.66. The number of carboxylic acids is 1. The van der Waals surface area contributed by atoms with Crippen LogP contribution in [0.15, 0.2) is 53.8 Å². The Balaban J connectivity index is 2.39. The van der Waals surface area contributed by atoms with E-state index in [4.69, 9.17) is 0 Å². The van der Waals surface area contributed by atoms with Crippen molar-refractivity contribution in [2.75, 3.05) is 6.26 Å². The van der Waals surface area contributed by atoms with Crippen molar-refractivity contribution in [3.63, 3.8) is 0 Å². The number of rotatable bonds is 3. The highest BCUT2D eigenvalue weighted by molar-refractivity contribution is 7.90. The molecule has 0 spiro atoms. The van der Waals surface area contributed by atoms with Crippen LogP contribution in [0, 0.1) is 0 Å². The summed E-state index contributed by atoms with van der Waals surface area (Å²) in [5.41, 5.74) is 0.492. The van der Waals surface area contributed by atoms with Gasteiger partial charge in [-0.25, -0.2) is 23.2 Å². The third kappa shape index (κ3) is 2.78. The first-order chi connectivity index (χ1) is 10.9. The van der Waals surface area contributed by atoms with Gasteiger partial charge in [0.2, 0.25) is 15.0 Å². The zero-order valence-electron chi connectivity index (χ0n) is 12.1. The lowest BCUT2D eigenvalue weighted by Gasteiger charge is -2.10. The lowest BCUT2D eigenvalue weighted by molar-refractivity contribution is 0.0696. The van der Waals surface area contributed by atoms with Gasteiger partial charge in [0, 0.05) is 18.0 Å². The molecule has 0 atom stereocenters. The van der Waals surface area contributed by atoms with Crippen molar-refractivity contribution in [3.05, 3.63) is 54.2 Å². The molecule has 0 radical (unpaired) electrons. The van der Waals surface area contributed by atoms with E-state index in [1.807, 2.05) is 30.3 Å². The van der Waals surface area contributed by atoms with Crippen molar-refractivity contribution in [2.45, 2.75) is 5.16 Å². The largest absolute Gasteiger partial charge is 0.478 e. The molecule has 23 heavy (non-hydrogen) atoms. The molecule has 116 valence electrons. The van der Waals surface area contributed by atoms with Gasteiger partial charge in [0.1, 0.15) is 5.56 Å². The first-order valence-corrected chi connectivity index (χ1v) is 8.55. The van der Waals surface area contributed by atoms with Gasteiger partial charge in [-0.1, -0.05) is 42.5 Å². The average Bonchev–Trinajstić information content (AvgIpc) is 2.53. The number of carbonyl (C=O) groups is 1. The molecule has 1 aromatic heterocycles. The fourth-order valence-corrected chi connectivity index (χ4v) is 2.84. The molecular formula is C16H12N2O4S. The number of benzene rings is 2. The van der Waals surface area contributed by atoms with Crippen molar-refractivity contribution in [3.8, 4) is 11.3 Å². The average molecular weight is 328 g/mol. The summed E-state index contributed by atoms with van der Waals surface area (Å²) < 4.78 is 23.4. The maximum Gasteiger partial charge on any atom is 0.339 e. The second-order valence-electron chi connectivity index (χ2n) is 5.02. The second-order valence-corrected chi connectivity index (χ2v) is 6.93. The van der Waals surface area contributed by atoms with Crippen molar-refractivity contribution in [2.24, 2.45) is 0 Å². The molecule has 7 heteroatoms. The molecule has 0 saturated carbocycles. The third-order valence-electron chi connectivity index (χ3n) is 3.37. The van der Waals surface area contributed by atoms with Crippen molar-refractivity contribution in [1.82, 2.24) is 9.97 Å². The topological polar surface area (TPSA) is 97.2 Å². The van der Waals surface area contributed by atoms with Gasteiger partial charge in [0.25, 0.3) is 0 Å². The highest BCUT2D eigenvalue weighted by Crippen LogP contribution is 2.30. The summed E-state index contributed by atoms with van der Waals surface area (Å²) >= 11 is 0. The molecule has 0 aliphatic carbocycles. The summed E-state index contributed by atoms with van der Waals surface area (Å²) in [6.07, 6.45) is 2.01. The van der Waals surface area contributed by atoms with Gasteiger partial charge in [0.15, 0.2) is 0 Å². The predicted molar refractivity (Wildman–Crippen MR) is 85.0 cm³/mol. The summed E-state index contributed by atoms with van der Waals surface area (Å²) in [6, 6.07) is 12.8. The Morgan fingerprint density at radius 2 is 1.78 bits per heavy atom. The SMILES string of the molecule is CS(=O)(=O)c1ncc(C(=O)O)c(-c2cccc3ccccc23)n1. The number of aromatic carboxylic acids is 1. The van der Waals surface area contributed by atoms with Gasteiger partial charge in [-0.05, 0) is 10.8 Å². The number of carboxylic acid groups (broad SMARTS) is 1. The van der Waals surface area contributed by atoms with Gasteiger partial charge in [-0.3, -0.25) is 0 Å². The van der Waals surface area contributed by atoms with Crippen LogP contribution in [0.4, 0.5) is 0 Å². The molecule has 0 bridgehead atoms. The second kappa shape index (κ2) is 5.44. The van der Waals surface area contributed by atoms with Crippen LogP contribution in [0.1, 0.15) is 10.4 Å². The minimum atomic E-state index is -3.64. The Kier molecular flexibility index (Phi) is 3.57. The zero-order chi connectivity index (χ0) is 16.6. The molecule has 1 N–H and O–H groups in total. The summed E-state index contributed by atoms with van der Waals surface area (Å²) in [7, 11) is -3.64. The number of hydrogen-bond acceptors (Lipinski definition) is 5. The summed E-state index contributed by atoms with van der Waals surface area (Å²) in [6.45, 7) is 0. The van der Waals surface area contributed by atoms with E-state index in [2.05, 4.69) is 9.97 Å². The van der Waals surface area contributed by atoms with E-state index >= 15 is 0 Å². The highest BCUT2D eigenvalue weighted by Gasteiger charge is 2.20. The maximum absolute atomic E-state index is 11.7. The van der Waals surface area contributed by atoms with E-state index < -0.39 is 21.0 Å². The van der Waals surface area contributed by atoms with E-state index in [0.29, 0.717) is 5.56 Å². The summed E-state index contributed by atoms with van der Waals surface area (Å²) in [4.78, 5) is 19.1. The van der Waals surface area contributed by atoms with E-state index in [1.165, 1.54) is 0 Å². The smallest absolute Gasteiger partial charge is 0.339 e. The van der Waals surface area contributed by atoms with Crippen LogP contribution < -0.4 is 0 Å². The summed E-state index contributed by atoms with van der Waals surface area (Å²) in [5.74, 6) is -1.21. The maximum atomic E-state index is 11.7. The van der Waals surface area contributed by atoms with Crippen LogP contribution >= 0.6 is 0 Å². The Labute approximate surface area is 132 Å². The Morgan fingerprint density at radius 3 is 2.48 bits per heavy atom. The van der Waals surface area contributed by atoms with Crippen LogP contribution in [-0.4, -0.2) is 35.7 Å². The van der Waals surface area contributed by atoms with Gasteiger partial charge in [0.05, 0.1) is 5.69 Å². The highest BCUT2D eigenvalue weighted by atomic mass is 32.2. The van der Waals surface area contributed by atoms with E-state index in [9.17, 15) is 18.3 Å². The molecule has 0 saturated heterocycles. The predicted octanol–water partition coefficient (Wildman–Crippen LogP) is 2.40. The van der Waals surface area contributed by atoms with E-state index in [-0.39, 0.29) is 11.3 Å². The molecule has 0 aliphatic rings. The number of sulfone groups is 1. The monoisotopic (exact) mass is 328 g/mol. The number of aromatic nitrogens is 2. The molecule has 0 unspecified atom stereocenters. The normalized spacial score (nSPS) is 11.5. The van der Waals surface area contributed by atoms with Gasteiger partial charge >= 0.3 is 5.97 Å². The van der Waals surface area contributed by atoms with Crippen LogP contribution in [0.25, 0.3) is 22.0 Å². The molecule has 2 aromatic carbocycles. The first kappa shape index (κ1) is 15.1. The molecule has 0 aliphatic heterocycles. The fourth-order valence-electron chi connectivity index (χ4n) is 2.34. The molecule has 1 heterocycles. The minimum absolute atomic E-state index is 0.0877. The molecular weight excluding hydrogens is 316 g/mol. The molecule has 3 aromatic rings. The molecule has 0 amide bonds. The number of nitrogens with zero attached hydrogens (tertiary/aromatic N) is 2. The van der Waals surface area contributed by atoms with Crippen LogP contribution in [0.3, 0.4) is 0 Å². The number of hydrogen-bond donors (Lipinski definition) is 1. The van der Waals surface area contributed by atoms with Crippen molar-refractivity contribution < 1.29 is 18.3 Å². The molecule has 0 fully saturated rings. The van der Waals surface area contributed by atoms with E-state index in [0.717, 1.165) is 23.2 Å². The number of fused-ring (bicyclic) bond motifs is 1. The van der Waals surface area contributed by atoms with Gasteiger partial charge < -0.3 is 5.11 Å². The van der Waals surface area contributed by atoms with E-state index in [1.54, 1.807) is 12.1 Å². The van der Waals surface area contributed by atoms with Crippen LogP contribution in [-0.2, 0) is 9.84 Å². The lowest BCUT2D eigenvalue weighted by atomic mass is 9.99. The van der Waals surface area contributed by atoms with Crippen LogP contribution in [0.2, 0.25) is 0 Å². The van der Waals surface area contributed by atoms with Gasteiger partial charge in [-0.2, -0.15) is 0 Å². The fraction of sp³-hybridized carbons (Fsp3) is 0.0625. The quantitative estimate of drug-likeness (QED) is 0.742. The molecule has 6 nitrogen and oxygen atoms in total. The zero-order valence-corrected chi connectivity index (χ0v) is 12.9. The van der Waals surface area contributed by atoms with Crippen molar-refractivity contribution >= 4 is 26.6 Å². The summed E-state index contributed by atoms with van der Waals surface area (Å²) in [5, 5.41) is 10.7. The van der Waals surface area contributed by atoms with Crippen molar-refractivity contribution in [1.29, 1.82) is 0 Å². The van der Waals surface area contributed by atoms with Gasteiger partial charge in [-0.15, -0.1) is 0 Å². The standard InChI is InChI=1S/C16H12N2O4S/c1-23(21,22)16-17-9-13(15(19)20)14(18-16)12-8-4-6-10-5-2-3-7-11(10)12/h2-9H,1H3,(H,19,20).